The van der Waals surface area contributed by atoms with E-state index in [0.717, 1.165) is 41.5 Å². The fourth-order valence-electron chi connectivity index (χ4n) is 2.48. The van der Waals surface area contributed by atoms with Gasteiger partial charge in [0.1, 0.15) is 0 Å². The molecule has 3 heterocycles. The highest BCUT2D eigenvalue weighted by Crippen LogP contribution is 2.35. The molecule has 0 spiro atoms. The molecule has 0 saturated heterocycles. The second-order valence-corrected chi connectivity index (χ2v) is 8.13. The molecule has 106 valence electrons. The number of aldehydes is 1. The summed E-state index contributed by atoms with van der Waals surface area (Å²) in [6.45, 7) is 8.21. The highest BCUT2D eigenvalue weighted by atomic mass is 32.1. The van der Waals surface area contributed by atoms with E-state index in [1.807, 2.05) is 11.3 Å². The van der Waals surface area contributed by atoms with E-state index < -0.39 is 0 Å². The minimum Gasteiger partial charge on any atom is -0.343 e. The molecule has 3 rings (SSSR count). The first kappa shape index (κ1) is 13.8. The zero-order valence-electron chi connectivity index (χ0n) is 12.0. The van der Waals surface area contributed by atoms with Gasteiger partial charge in [0, 0.05) is 23.4 Å². The Hall–Kier alpha value is -1.20. The third-order valence-electron chi connectivity index (χ3n) is 3.54. The van der Waals surface area contributed by atoms with Crippen molar-refractivity contribution in [2.45, 2.75) is 39.2 Å². The van der Waals surface area contributed by atoms with Gasteiger partial charge in [-0.25, -0.2) is 4.98 Å². The lowest BCUT2D eigenvalue weighted by atomic mass is 9.91. The highest BCUT2D eigenvalue weighted by molar-refractivity contribution is 7.17. The van der Waals surface area contributed by atoms with Gasteiger partial charge in [-0.3, -0.25) is 4.79 Å². The van der Waals surface area contributed by atoms with Gasteiger partial charge in [-0.05, 0) is 23.4 Å². The van der Waals surface area contributed by atoms with Crippen LogP contribution in [0.1, 0.15) is 46.6 Å². The summed E-state index contributed by atoms with van der Waals surface area (Å²) in [6.07, 6.45) is 2.02. The quantitative estimate of drug-likeness (QED) is 0.790. The molecule has 2 aromatic heterocycles. The van der Waals surface area contributed by atoms with Crippen molar-refractivity contribution in [1.29, 1.82) is 0 Å². The van der Waals surface area contributed by atoms with E-state index in [1.165, 1.54) is 21.8 Å². The zero-order valence-corrected chi connectivity index (χ0v) is 13.6. The number of fused-ring (bicyclic) bond motifs is 1. The van der Waals surface area contributed by atoms with Crippen LogP contribution in [-0.4, -0.2) is 17.8 Å². The predicted octanol–water partition coefficient (Wildman–Crippen LogP) is 3.88. The number of thiazole rings is 1. The number of hydrogen-bond acceptors (Lipinski definition) is 5. The van der Waals surface area contributed by atoms with E-state index in [-0.39, 0.29) is 5.41 Å². The molecule has 5 heteroatoms. The van der Waals surface area contributed by atoms with Crippen molar-refractivity contribution in [2.24, 2.45) is 0 Å². The number of thiophene rings is 1. The summed E-state index contributed by atoms with van der Waals surface area (Å²) in [4.78, 5) is 20.6. The van der Waals surface area contributed by atoms with Crippen molar-refractivity contribution in [1.82, 2.24) is 4.98 Å². The molecular weight excluding hydrogens is 288 g/mol. The smallest absolute Gasteiger partial charge is 0.186 e. The first-order chi connectivity index (χ1) is 9.49. The van der Waals surface area contributed by atoms with Gasteiger partial charge in [-0.15, -0.1) is 11.3 Å². The maximum Gasteiger partial charge on any atom is 0.186 e. The summed E-state index contributed by atoms with van der Waals surface area (Å²) in [5.41, 5.74) is 2.24. The van der Waals surface area contributed by atoms with Crippen molar-refractivity contribution in [2.75, 3.05) is 11.4 Å². The molecule has 0 fully saturated rings. The van der Waals surface area contributed by atoms with Crippen LogP contribution in [0.3, 0.4) is 0 Å². The van der Waals surface area contributed by atoms with E-state index >= 15 is 0 Å². The van der Waals surface area contributed by atoms with E-state index in [1.54, 1.807) is 0 Å². The minimum atomic E-state index is -0.0890. The monoisotopic (exact) mass is 306 g/mol. The summed E-state index contributed by atoms with van der Waals surface area (Å²) in [7, 11) is 0. The summed E-state index contributed by atoms with van der Waals surface area (Å²) in [5.74, 6) is 0. The molecule has 0 aliphatic carbocycles. The lowest BCUT2D eigenvalue weighted by molar-refractivity contribution is 0.112. The SMILES string of the molecule is CC(C)(C)c1nc(N2CCc3sccc3C2)sc1C=O. The number of nitrogens with zero attached hydrogens (tertiary/aromatic N) is 2. The fraction of sp³-hybridized carbons (Fsp3) is 0.467. The van der Waals surface area contributed by atoms with Crippen molar-refractivity contribution in [3.05, 3.63) is 32.5 Å². The molecule has 2 aromatic rings. The molecule has 20 heavy (non-hydrogen) atoms. The Bertz CT molecular complexity index is 637. The Morgan fingerprint density at radius 3 is 2.85 bits per heavy atom. The van der Waals surface area contributed by atoms with Crippen LogP contribution in [-0.2, 0) is 18.4 Å². The second kappa shape index (κ2) is 4.97. The van der Waals surface area contributed by atoms with E-state index in [2.05, 4.69) is 37.1 Å². The Morgan fingerprint density at radius 2 is 2.20 bits per heavy atom. The molecule has 0 aromatic carbocycles. The third kappa shape index (κ3) is 2.40. The Balaban J connectivity index is 1.92. The molecule has 1 aliphatic heterocycles. The van der Waals surface area contributed by atoms with Crippen LogP contribution in [0.4, 0.5) is 5.13 Å². The van der Waals surface area contributed by atoms with Crippen LogP contribution < -0.4 is 4.90 Å². The average molecular weight is 306 g/mol. The summed E-state index contributed by atoms with van der Waals surface area (Å²) < 4.78 is 0. The molecule has 0 saturated carbocycles. The number of carbonyl (C=O) groups excluding carboxylic acids is 1. The van der Waals surface area contributed by atoms with Crippen LogP contribution >= 0.6 is 22.7 Å². The van der Waals surface area contributed by atoms with Crippen molar-refractivity contribution in [3.63, 3.8) is 0 Å². The normalized spacial score (nSPS) is 15.2. The van der Waals surface area contributed by atoms with Gasteiger partial charge >= 0.3 is 0 Å². The van der Waals surface area contributed by atoms with Crippen molar-refractivity contribution >= 4 is 34.1 Å². The molecule has 1 aliphatic rings. The molecule has 0 unspecified atom stereocenters. The van der Waals surface area contributed by atoms with Crippen molar-refractivity contribution in [3.8, 4) is 0 Å². The molecular formula is C15H18N2OS2. The van der Waals surface area contributed by atoms with E-state index in [9.17, 15) is 4.79 Å². The molecule has 0 N–H and O–H groups in total. The van der Waals surface area contributed by atoms with E-state index in [4.69, 9.17) is 4.98 Å². The van der Waals surface area contributed by atoms with Crippen LogP contribution in [0.25, 0.3) is 0 Å². The lowest BCUT2D eigenvalue weighted by Gasteiger charge is -2.26. The molecule has 0 atom stereocenters. The van der Waals surface area contributed by atoms with Gasteiger partial charge in [0.05, 0.1) is 10.6 Å². The van der Waals surface area contributed by atoms with Gasteiger partial charge in [-0.2, -0.15) is 0 Å². The van der Waals surface area contributed by atoms with Gasteiger partial charge in [0.15, 0.2) is 11.4 Å². The number of aromatic nitrogens is 1. The largest absolute Gasteiger partial charge is 0.343 e. The topological polar surface area (TPSA) is 33.2 Å². The van der Waals surface area contributed by atoms with Gasteiger partial charge in [0.2, 0.25) is 0 Å². The molecule has 0 amide bonds. The lowest BCUT2D eigenvalue weighted by Crippen LogP contribution is -2.29. The fourth-order valence-corrected chi connectivity index (χ4v) is 4.49. The number of rotatable bonds is 2. The predicted molar refractivity (Wildman–Crippen MR) is 85.3 cm³/mol. The van der Waals surface area contributed by atoms with Crippen LogP contribution in [0.15, 0.2) is 11.4 Å². The Labute approximate surface area is 127 Å². The maximum absolute atomic E-state index is 11.3. The summed E-state index contributed by atoms with van der Waals surface area (Å²) in [6, 6.07) is 2.20. The average Bonchev–Trinajstić information content (AvgIpc) is 3.03. The number of anilines is 1. The van der Waals surface area contributed by atoms with Gasteiger partial charge < -0.3 is 4.90 Å². The zero-order chi connectivity index (χ0) is 14.3. The number of carbonyl (C=O) groups is 1. The Kier molecular flexibility index (Phi) is 3.42. The summed E-state index contributed by atoms with van der Waals surface area (Å²) in [5, 5.41) is 3.14. The standard InChI is InChI=1S/C15H18N2OS2/c1-15(2,3)13-12(9-18)20-14(16-13)17-6-4-11-10(8-17)5-7-19-11/h5,7,9H,4,6,8H2,1-3H3. The third-order valence-corrected chi connectivity index (χ3v) is 5.60. The van der Waals surface area contributed by atoms with Crippen LogP contribution in [0, 0.1) is 0 Å². The molecule has 0 bridgehead atoms. The highest BCUT2D eigenvalue weighted by Gasteiger charge is 2.26. The second-order valence-electron chi connectivity index (χ2n) is 6.12. The Morgan fingerprint density at radius 1 is 1.40 bits per heavy atom. The molecule has 3 nitrogen and oxygen atoms in total. The summed E-state index contributed by atoms with van der Waals surface area (Å²) >= 11 is 3.36. The first-order valence-electron chi connectivity index (χ1n) is 6.75. The van der Waals surface area contributed by atoms with Crippen LogP contribution in [0.2, 0.25) is 0 Å². The van der Waals surface area contributed by atoms with Gasteiger partial charge in [-0.1, -0.05) is 32.1 Å². The van der Waals surface area contributed by atoms with E-state index in [0.29, 0.717) is 0 Å². The van der Waals surface area contributed by atoms with Crippen LogP contribution in [0.5, 0.6) is 0 Å². The first-order valence-corrected chi connectivity index (χ1v) is 8.45. The molecule has 0 radical (unpaired) electrons. The van der Waals surface area contributed by atoms with Crippen molar-refractivity contribution < 1.29 is 4.79 Å². The van der Waals surface area contributed by atoms with Gasteiger partial charge in [0.25, 0.3) is 0 Å². The minimum absolute atomic E-state index is 0.0890. The number of hydrogen-bond donors (Lipinski definition) is 0. The maximum atomic E-state index is 11.3.